The minimum atomic E-state index is -3.53. The lowest BCUT2D eigenvalue weighted by molar-refractivity contribution is 0.101. The molecule has 140 valence electrons. The van der Waals surface area contributed by atoms with Crippen LogP contribution >= 0.6 is 11.6 Å². The van der Waals surface area contributed by atoms with Crippen LogP contribution in [0.1, 0.15) is 24.0 Å². The minimum absolute atomic E-state index is 0.206. The monoisotopic (exact) mass is 393 g/mol. The Balaban J connectivity index is 2.03. The Morgan fingerprint density at radius 1 is 1.12 bits per heavy atom. The third-order valence-electron chi connectivity index (χ3n) is 5.25. The fourth-order valence-electron chi connectivity index (χ4n) is 3.76. The summed E-state index contributed by atoms with van der Waals surface area (Å²) >= 11 is 5.99. The largest absolute Gasteiger partial charge is 0.381 e. The van der Waals surface area contributed by atoms with Crippen molar-refractivity contribution in [1.29, 1.82) is 0 Å². The van der Waals surface area contributed by atoms with Gasteiger partial charge in [0.05, 0.1) is 16.8 Å². The molecule has 1 aliphatic carbocycles. The number of rotatable bonds is 7. The SMILES string of the molecule is CCOC[C@]1(CN)[C@H](c2ccc(Cl)cc2)[C@@H]1S(=O)(=O)c1ccc(C)cc1. The summed E-state index contributed by atoms with van der Waals surface area (Å²) in [7, 11) is -3.53. The van der Waals surface area contributed by atoms with Crippen LogP contribution in [-0.2, 0) is 14.6 Å². The van der Waals surface area contributed by atoms with Crippen molar-refractivity contribution in [2.75, 3.05) is 19.8 Å². The average Bonchev–Trinajstić information content (AvgIpc) is 3.31. The van der Waals surface area contributed by atoms with Crippen LogP contribution in [0.3, 0.4) is 0 Å². The number of sulfone groups is 1. The lowest BCUT2D eigenvalue weighted by Crippen LogP contribution is -2.29. The maximum atomic E-state index is 13.4. The van der Waals surface area contributed by atoms with Crippen molar-refractivity contribution >= 4 is 21.4 Å². The summed E-state index contributed by atoms with van der Waals surface area (Å²) in [5.74, 6) is -0.206. The number of ether oxygens (including phenoxy) is 1. The number of aryl methyl sites for hydroxylation is 1. The first-order valence-electron chi connectivity index (χ1n) is 8.70. The highest BCUT2D eigenvalue weighted by Crippen LogP contribution is 2.63. The molecule has 0 bridgehead atoms. The molecule has 2 aromatic carbocycles. The first-order valence-corrected chi connectivity index (χ1v) is 10.6. The van der Waals surface area contributed by atoms with Crippen LogP contribution in [0.15, 0.2) is 53.4 Å². The Kier molecular flexibility index (Phi) is 5.45. The summed E-state index contributed by atoms with van der Waals surface area (Å²) < 4.78 is 32.4. The molecule has 3 atom stereocenters. The van der Waals surface area contributed by atoms with Crippen LogP contribution in [-0.4, -0.2) is 33.4 Å². The lowest BCUT2D eigenvalue weighted by atomic mass is 10.00. The van der Waals surface area contributed by atoms with Gasteiger partial charge in [0.2, 0.25) is 0 Å². The Labute approximate surface area is 160 Å². The third-order valence-corrected chi connectivity index (χ3v) is 7.84. The molecule has 2 aromatic rings. The molecule has 0 unspecified atom stereocenters. The van der Waals surface area contributed by atoms with Crippen LogP contribution < -0.4 is 5.73 Å². The molecule has 3 rings (SSSR count). The van der Waals surface area contributed by atoms with Gasteiger partial charge in [0, 0.05) is 29.5 Å². The van der Waals surface area contributed by atoms with E-state index in [2.05, 4.69) is 0 Å². The standard InChI is InChI=1S/C20H24ClNO3S/c1-3-25-13-20(12-22)18(15-6-8-16(21)9-7-15)19(20)26(23,24)17-10-4-14(2)5-11-17/h4-11,18-19H,3,12-13,22H2,1-2H3/t18-,19+,20-/m1/s1. The Morgan fingerprint density at radius 3 is 2.27 bits per heavy atom. The van der Waals surface area contributed by atoms with Crippen molar-refractivity contribution in [3.63, 3.8) is 0 Å². The molecule has 2 N–H and O–H groups in total. The first kappa shape index (κ1) is 19.4. The van der Waals surface area contributed by atoms with E-state index in [1.165, 1.54) is 0 Å². The molecule has 0 aromatic heterocycles. The van der Waals surface area contributed by atoms with Gasteiger partial charge in [-0.05, 0) is 43.7 Å². The predicted molar refractivity (Wildman–Crippen MR) is 104 cm³/mol. The maximum absolute atomic E-state index is 13.4. The van der Waals surface area contributed by atoms with E-state index in [1.54, 1.807) is 24.3 Å². The second-order valence-corrected chi connectivity index (χ2v) is 9.39. The number of nitrogens with two attached hydrogens (primary N) is 1. The zero-order chi connectivity index (χ0) is 18.9. The maximum Gasteiger partial charge on any atom is 0.182 e. The van der Waals surface area contributed by atoms with Gasteiger partial charge in [-0.3, -0.25) is 0 Å². The highest BCUT2D eigenvalue weighted by Gasteiger charge is 2.70. The fraction of sp³-hybridized carbons (Fsp3) is 0.400. The molecular weight excluding hydrogens is 370 g/mol. The van der Waals surface area contributed by atoms with Gasteiger partial charge in [0.15, 0.2) is 9.84 Å². The van der Waals surface area contributed by atoms with E-state index in [-0.39, 0.29) is 12.5 Å². The first-order chi connectivity index (χ1) is 12.4. The van der Waals surface area contributed by atoms with Gasteiger partial charge in [-0.1, -0.05) is 41.4 Å². The number of hydrogen-bond acceptors (Lipinski definition) is 4. The second kappa shape index (κ2) is 7.31. The van der Waals surface area contributed by atoms with Gasteiger partial charge in [0.1, 0.15) is 0 Å². The van der Waals surface area contributed by atoms with Gasteiger partial charge >= 0.3 is 0 Å². The Hall–Kier alpha value is -1.40. The summed E-state index contributed by atoms with van der Waals surface area (Å²) in [6, 6.07) is 14.3. The van der Waals surface area contributed by atoms with Crippen LogP contribution in [0.2, 0.25) is 5.02 Å². The molecule has 4 nitrogen and oxygen atoms in total. The third kappa shape index (κ3) is 3.29. The van der Waals surface area contributed by atoms with E-state index in [4.69, 9.17) is 22.1 Å². The van der Waals surface area contributed by atoms with Gasteiger partial charge < -0.3 is 10.5 Å². The molecule has 1 saturated carbocycles. The summed E-state index contributed by atoms with van der Waals surface area (Å²) in [5.41, 5.74) is 7.42. The van der Waals surface area contributed by atoms with Crippen molar-refractivity contribution in [3.8, 4) is 0 Å². The molecule has 0 heterocycles. The van der Waals surface area contributed by atoms with E-state index < -0.39 is 20.5 Å². The minimum Gasteiger partial charge on any atom is -0.381 e. The summed E-state index contributed by atoms with van der Waals surface area (Å²) in [4.78, 5) is 0.332. The quantitative estimate of drug-likeness (QED) is 0.780. The van der Waals surface area contributed by atoms with Crippen LogP contribution in [0.4, 0.5) is 0 Å². The van der Waals surface area contributed by atoms with Gasteiger partial charge in [-0.2, -0.15) is 0 Å². The Bertz CT molecular complexity index is 865. The van der Waals surface area contributed by atoms with Gasteiger partial charge in [0.25, 0.3) is 0 Å². The molecule has 0 spiro atoms. The van der Waals surface area contributed by atoms with Crippen LogP contribution in [0.5, 0.6) is 0 Å². The lowest BCUT2D eigenvalue weighted by Gasteiger charge is -2.16. The normalized spacial score (nSPS) is 25.2. The molecule has 0 saturated heterocycles. The highest BCUT2D eigenvalue weighted by molar-refractivity contribution is 7.92. The fourth-order valence-corrected chi connectivity index (χ4v) is 6.33. The molecular formula is C20H24ClNO3S. The van der Waals surface area contributed by atoms with Crippen LogP contribution in [0, 0.1) is 12.3 Å². The predicted octanol–water partition coefficient (Wildman–Crippen LogP) is 3.57. The van der Waals surface area contributed by atoms with E-state index in [9.17, 15) is 8.42 Å². The molecule has 26 heavy (non-hydrogen) atoms. The van der Waals surface area contributed by atoms with Crippen molar-refractivity contribution in [1.82, 2.24) is 0 Å². The van der Waals surface area contributed by atoms with Gasteiger partial charge in [-0.25, -0.2) is 8.42 Å². The van der Waals surface area contributed by atoms with Crippen molar-refractivity contribution in [3.05, 3.63) is 64.7 Å². The van der Waals surface area contributed by atoms with Crippen molar-refractivity contribution in [2.24, 2.45) is 11.1 Å². The van der Waals surface area contributed by atoms with E-state index in [0.29, 0.717) is 23.1 Å². The molecule has 0 radical (unpaired) electrons. The van der Waals surface area contributed by atoms with E-state index in [0.717, 1.165) is 11.1 Å². The smallest absolute Gasteiger partial charge is 0.182 e. The number of halogens is 1. The van der Waals surface area contributed by atoms with E-state index in [1.807, 2.05) is 38.1 Å². The zero-order valence-electron chi connectivity index (χ0n) is 15.0. The summed E-state index contributed by atoms with van der Waals surface area (Å²) in [6.45, 7) is 4.92. The van der Waals surface area contributed by atoms with Crippen molar-refractivity contribution < 1.29 is 13.2 Å². The average molecular weight is 394 g/mol. The topological polar surface area (TPSA) is 69.4 Å². The molecule has 0 aliphatic heterocycles. The molecule has 0 amide bonds. The number of hydrogen-bond donors (Lipinski definition) is 1. The van der Waals surface area contributed by atoms with E-state index >= 15 is 0 Å². The molecule has 1 fully saturated rings. The zero-order valence-corrected chi connectivity index (χ0v) is 16.6. The number of benzene rings is 2. The summed E-state index contributed by atoms with van der Waals surface area (Å²) in [6.07, 6.45) is 0. The van der Waals surface area contributed by atoms with Crippen molar-refractivity contribution in [2.45, 2.75) is 29.9 Å². The Morgan fingerprint density at radius 2 is 1.73 bits per heavy atom. The van der Waals surface area contributed by atoms with Gasteiger partial charge in [-0.15, -0.1) is 0 Å². The van der Waals surface area contributed by atoms with Crippen LogP contribution in [0.25, 0.3) is 0 Å². The molecule has 6 heteroatoms. The summed E-state index contributed by atoms with van der Waals surface area (Å²) in [5, 5.41) is 0.0194. The molecule has 1 aliphatic rings. The second-order valence-electron chi connectivity index (χ2n) is 6.88. The highest BCUT2D eigenvalue weighted by atomic mass is 35.5.